The molecule has 0 N–H and O–H groups in total. The van der Waals surface area contributed by atoms with Crippen LogP contribution in [0, 0.1) is 0 Å². The maximum absolute atomic E-state index is 2.66. The van der Waals surface area contributed by atoms with Crippen LogP contribution in [-0.4, -0.2) is 0 Å². The number of fused-ring (bicyclic) bond motifs is 3. The van der Waals surface area contributed by atoms with Gasteiger partial charge >= 0.3 is 0 Å². The second-order valence-corrected chi connectivity index (χ2v) is 10.5. The first-order valence-electron chi connectivity index (χ1n) is 14.5. The topological polar surface area (TPSA) is 0 Å². The van der Waals surface area contributed by atoms with Gasteiger partial charge in [0.25, 0.3) is 0 Å². The summed E-state index contributed by atoms with van der Waals surface area (Å²) in [5.41, 5.74) is 13.4. The molecule has 0 spiro atoms. The molecule has 33 heavy (non-hydrogen) atoms. The average Bonchev–Trinajstić information content (AvgIpc) is 3.20. The Morgan fingerprint density at radius 2 is 1.06 bits per heavy atom. The Bertz CT molecular complexity index is 857. The van der Waals surface area contributed by atoms with Crippen molar-refractivity contribution >= 4 is 0 Å². The Morgan fingerprint density at radius 1 is 0.515 bits per heavy atom. The first kappa shape index (κ1) is 26.1. The molecule has 0 radical (unpaired) electrons. The molecule has 0 saturated heterocycles. The minimum atomic E-state index is 1.16. The Kier molecular flexibility index (Phi) is 11.0. The van der Waals surface area contributed by atoms with Gasteiger partial charge in [0.15, 0.2) is 0 Å². The smallest absolute Gasteiger partial charge is 0.00131 e. The van der Waals surface area contributed by atoms with Crippen molar-refractivity contribution < 1.29 is 0 Å². The fourth-order valence-electron chi connectivity index (χ4n) is 5.94. The second kappa shape index (κ2) is 14.0. The SMILES string of the molecule is CCCCCc1cc2c(c(CCCCC)c1CCCCC)-c1c(CCCCC)cccc1C2. The van der Waals surface area contributed by atoms with Gasteiger partial charge in [0, 0.05) is 0 Å². The van der Waals surface area contributed by atoms with E-state index in [2.05, 4.69) is 52.0 Å². The molecule has 0 aliphatic heterocycles. The molecule has 0 unspecified atom stereocenters. The van der Waals surface area contributed by atoms with Crippen LogP contribution in [0.15, 0.2) is 24.3 Å². The van der Waals surface area contributed by atoms with Crippen molar-refractivity contribution in [1.29, 1.82) is 0 Å². The third-order valence-electron chi connectivity index (χ3n) is 7.75. The quantitative estimate of drug-likeness (QED) is 0.192. The molecule has 0 heterocycles. The average molecular weight is 447 g/mol. The molecule has 0 atom stereocenters. The number of unbranched alkanes of at least 4 members (excludes halogenated alkanes) is 8. The summed E-state index contributed by atoms with van der Waals surface area (Å²) < 4.78 is 0. The van der Waals surface area contributed by atoms with Crippen molar-refractivity contribution in [1.82, 2.24) is 0 Å². The van der Waals surface area contributed by atoms with Crippen LogP contribution in [0.5, 0.6) is 0 Å². The highest BCUT2D eigenvalue weighted by atomic mass is 14.3. The van der Waals surface area contributed by atoms with Gasteiger partial charge in [-0.3, -0.25) is 0 Å². The standard InChI is InChI=1S/C33H50/c1-5-9-13-18-26-20-17-21-28-25-29-24-27(19-14-10-6-2)30(22-15-11-7-3)31(23-16-12-8-4)33(29)32(26)28/h17,20-21,24H,5-16,18-19,22-23,25H2,1-4H3. The summed E-state index contributed by atoms with van der Waals surface area (Å²) in [6.07, 6.45) is 22.3. The van der Waals surface area contributed by atoms with Crippen LogP contribution in [-0.2, 0) is 32.1 Å². The molecule has 1 aliphatic carbocycles. The number of hydrogen-bond acceptors (Lipinski definition) is 0. The van der Waals surface area contributed by atoms with Gasteiger partial charge in [-0.15, -0.1) is 0 Å². The predicted molar refractivity (Wildman–Crippen MR) is 148 cm³/mol. The number of hydrogen-bond donors (Lipinski definition) is 0. The molecule has 2 aromatic rings. The van der Waals surface area contributed by atoms with E-state index in [1.807, 2.05) is 0 Å². The Balaban J connectivity index is 2.08. The van der Waals surface area contributed by atoms with Gasteiger partial charge in [-0.25, -0.2) is 0 Å². The lowest BCUT2D eigenvalue weighted by atomic mass is 9.83. The third kappa shape index (κ3) is 6.74. The minimum absolute atomic E-state index is 1.16. The van der Waals surface area contributed by atoms with E-state index in [0.717, 1.165) is 6.42 Å². The lowest BCUT2D eigenvalue weighted by Crippen LogP contribution is -2.06. The molecule has 2 aromatic carbocycles. The van der Waals surface area contributed by atoms with Crippen molar-refractivity contribution in [3.63, 3.8) is 0 Å². The van der Waals surface area contributed by atoms with Gasteiger partial charge in [-0.1, -0.05) is 103 Å². The lowest BCUT2D eigenvalue weighted by Gasteiger charge is -2.22. The highest BCUT2D eigenvalue weighted by molar-refractivity contribution is 5.83. The van der Waals surface area contributed by atoms with Crippen LogP contribution < -0.4 is 0 Å². The Morgan fingerprint density at radius 3 is 1.67 bits per heavy atom. The van der Waals surface area contributed by atoms with E-state index in [1.54, 1.807) is 44.5 Å². The zero-order valence-electron chi connectivity index (χ0n) is 22.3. The molecule has 0 amide bonds. The van der Waals surface area contributed by atoms with Crippen molar-refractivity contribution in [2.24, 2.45) is 0 Å². The zero-order valence-corrected chi connectivity index (χ0v) is 22.3. The summed E-state index contributed by atoms with van der Waals surface area (Å²) in [6, 6.07) is 9.84. The summed E-state index contributed by atoms with van der Waals surface area (Å²) in [7, 11) is 0. The van der Waals surface area contributed by atoms with Gasteiger partial charge in [0.05, 0.1) is 0 Å². The van der Waals surface area contributed by atoms with E-state index < -0.39 is 0 Å². The van der Waals surface area contributed by atoms with E-state index in [1.165, 1.54) is 103 Å². The number of rotatable bonds is 16. The van der Waals surface area contributed by atoms with Crippen molar-refractivity contribution in [3.05, 3.63) is 57.6 Å². The maximum atomic E-state index is 2.66. The van der Waals surface area contributed by atoms with Crippen LogP contribution in [0.2, 0.25) is 0 Å². The second-order valence-electron chi connectivity index (χ2n) is 10.5. The van der Waals surface area contributed by atoms with Crippen molar-refractivity contribution in [2.75, 3.05) is 0 Å². The highest BCUT2D eigenvalue weighted by Gasteiger charge is 2.27. The van der Waals surface area contributed by atoms with E-state index in [-0.39, 0.29) is 0 Å². The van der Waals surface area contributed by atoms with Crippen LogP contribution in [0.3, 0.4) is 0 Å². The Labute approximate surface area is 205 Å². The number of benzene rings is 2. The molecule has 0 fully saturated rings. The van der Waals surface area contributed by atoms with E-state index in [9.17, 15) is 0 Å². The van der Waals surface area contributed by atoms with E-state index in [4.69, 9.17) is 0 Å². The molecule has 182 valence electrons. The summed E-state index contributed by atoms with van der Waals surface area (Å²) in [4.78, 5) is 0. The van der Waals surface area contributed by atoms with Crippen molar-refractivity contribution in [3.8, 4) is 11.1 Å². The fourth-order valence-corrected chi connectivity index (χ4v) is 5.94. The van der Waals surface area contributed by atoms with Gasteiger partial charge < -0.3 is 0 Å². The molecule has 0 aromatic heterocycles. The molecule has 0 heteroatoms. The summed E-state index contributed by atoms with van der Waals surface area (Å²) in [6.45, 7) is 9.33. The van der Waals surface area contributed by atoms with Crippen LogP contribution in [0.4, 0.5) is 0 Å². The molecule has 0 nitrogen and oxygen atoms in total. The maximum Gasteiger partial charge on any atom is -0.00131 e. The monoisotopic (exact) mass is 446 g/mol. The molecular formula is C33H50. The van der Waals surface area contributed by atoms with Gasteiger partial charge in [-0.2, -0.15) is 0 Å². The highest BCUT2D eigenvalue weighted by Crippen LogP contribution is 2.45. The first-order valence-corrected chi connectivity index (χ1v) is 14.5. The van der Waals surface area contributed by atoms with E-state index >= 15 is 0 Å². The summed E-state index contributed by atoms with van der Waals surface area (Å²) >= 11 is 0. The van der Waals surface area contributed by atoms with Crippen LogP contribution in [0.25, 0.3) is 11.1 Å². The normalized spacial score (nSPS) is 12.2. The van der Waals surface area contributed by atoms with Crippen molar-refractivity contribution in [2.45, 2.75) is 137 Å². The molecule has 3 rings (SSSR count). The predicted octanol–water partition coefficient (Wildman–Crippen LogP) is 10.2. The minimum Gasteiger partial charge on any atom is -0.0654 e. The summed E-state index contributed by atoms with van der Waals surface area (Å²) in [5, 5.41) is 0. The fraction of sp³-hybridized carbons (Fsp3) is 0.636. The first-order chi connectivity index (χ1) is 16.2. The van der Waals surface area contributed by atoms with E-state index in [0.29, 0.717) is 0 Å². The van der Waals surface area contributed by atoms with Gasteiger partial charge in [0.2, 0.25) is 0 Å². The zero-order chi connectivity index (χ0) is 23.5. The largest absolute Gasteiger partial charge is 0.0654 e. The molecule has 1 aliphatic rings. The van der Waals surface area contributed by atoms with Gasteiger partial charge in [0.1, 0.15) is 0 Å². The Hall–Kier alpha value is -1.56. The molecular weight excluding hydrogens is 396 g/mol. The molecule has 0 bridgehead atoms. The summed E-state index contributed by atoms with van der Waals surface area (Å²) in [5.74, 6) is 0. The van der Waals surface area contributed by atoms with Gasteiger partial charge in [-0.05, 0) is 102 Å². The van der Waals surface area contributed by atoms with Crippen LogP contribution >= 0.6 is 0 Å². The molecule has 0 saturated carbocycles. The lowest BCUT2D eigenvalue weighted by molar-refractivity contribution is 0.678. The van der Waals surface area contributed by atoms with Crippen LogP contribution in [0.1, 0.15) is 138 Å². The number of aryl methyl sites for hydroxylation is 2. The third-order valence-corrected chi connectivity index (χ3v) is 7.75.